The van der Waals surface area contributed by atoms with Crippen LogP contribution in [0.1, 0.15) is 22.4 Å². The zero-order valence-corrected chi connectivity index (χ0v) is 15.1. The molecule has 0 fully saturated rings. The summed E-state index contributed by atoms with van der Waals surface area (Å²) in [6.45, 7) is 4.38. The first kappa shape index (κ1) is 16.1. The molecule has 4 aromatic rings. The highest BCUT2D eigenvalue weighted by atomic mass is 16.3. The van der Waals surface area contributed by atoms with Crippen molar-refractivity contribution in [3.8, 4) is 11.6 Å². The van der Waals surface area contributed by atoms with Gasteiger partial charge in [-0.2, -0.15) is 0 Å². The number of aromatic nitrogens is 3. The van der Waals surface area contributed by atoms with Crippen molar-refractivity contribution in [2.45, 2.75) is 26.4 Å². The van der Waals surface area contributed by atoms with Gasteiger partial charge in [0.2, 0.25) is 0 Å². The zero-order valence-electron chi connectivity index (χ0n) is 15.1. The van der Waals surface area contributed by atoms with E-state index in [0.29, 0.717) is 18.1 Å². The topological polar surface area (TPSA) is 77.9 Å². The Balaban J connectivity index is 1.41. The molecule has 0 aliphatic carbocycles. The number of nitrogens with zero attached hydrogens (tertiary/aromatic N) is 2. The monoisotopic (exact) mass is 360 g/mol. The van der Waals surface area contributed by atoms with E-state index in [-0.39, 0.29) is 5.56 Å². The molecule has 0 bridgehead atoms. The van der Waals surface area contributed by atoms with Crippen molar-refractivity contribution in [1.82, 2.24) is 19.9 Å². The molecular formula is C21H20N4O2. The highest BCUT2D eigenvalue weighted by Crippen LogP contribution is 2.24. The molecule has 0 unspecified atom stereocenters. The van der Waals surface area contributed by atoms with Crippen molar-refractivity contribution in [2.75, 3.05) is 6.54 Å². The van der Waals surface area contributed by atoms with E-state index < -0.39 is 0 Å². The van der Waals surface area contributed by atoms with Gasteiger partial charge in [-0.15, -0.1) is 0 Å². The van der Waals surface area contributed by atoms with Crippen LogP contribution in [0.4, 0.5) is 0 Å². The molecule has 0 radical (unpaired) electrons. The fourth-order valence-corrected chi connectivity index (χ4v) is 3.82. The normalized spacial score (nSPS) is 14.6. The van der Waals surface area contributed by atoms with Gasteiger partial charge in [-0.1, -0.05) is 12.1 Å². The number of aromatic amines is 2. The van der Waals surface area contributed by atoms with Gasteiger partial charge < -0.3 is 14.4 Å². The third-order valence-electron chi connectivity index (χ3n) is 5.22. The fraction of sp³-hybridized carbons (Fsp3) is 0.238. The van der Waals surface area contributed by atoms with Gasteiger partial charge in [-0.05, 0) is 36.2 Å². The van der Waals surface area contributed by atoms with Gasteiger partial charge in [-0.3, -0.25) is 9.69 Å². The van der Waals surface area contributed by atoms with Crippen molar-refractivity contribution in [1.29, 1.82) is 0 Å². The number of aryl methyl sites for hydroxylation is 1. The molecule has 6 heteroatoms. The van der Waals surface area contributed by atoms with Crippen LogP contribution in [0.2, 0.25) is 0 Å². The maximum absolute atomic E-state index is 12.6. The number of hydrogen-bond acceptors (Lipinski definition) is 4. The number of furan rings is 1. The number of nitrogens with one attached hydrogen (secondary N) is 2. The summed E-state index contributed by atoms with van der Waals surface area (Å²) >= 11 is 0. The highest BCUT2D eigenvalue weighted by molar-refractivity contribution is 5.83. The van der Waals surface area contributed by atoms with E-state index in [1.165, 1.54) is 16.5 Å². The Labute approximate surface area is 155 Å². The Morgan fingerprint density at radius 1 is 1.30 bits per heavy atom. The molecule has 0 spiro atoms. The standard InChI is InChI=1S/C21H20N4O2/c1-13-4-5-15-14(10-22-18(15)9-13)11-25-7-6-17-16(12-25)21(26)24-20(23-17)19-3-2-8-27-19/h2-5,8-10,22H,6-7,11-12H2,1H3,(H,23,24,26). The van der Waals surface area contributed by atoms with E-state index in [0.717, 1.165) is 36.3 Å². The Kier molecular flexibility index (Phi) is 3.72. The van der Waals surface area contributed by atoms with Crippen LogP contribution in [-0.4, -0.2) is 26.4 Å². The van der Waals surface area contributed by atoms with E-state index in [1.54, 1.807) is 18.4 Å². The van der Waals surface area contributed by atoms with Crippen molar-refractivity contribution in [3.05, 3.63) is 75.5 Å². The molecule has 5 rings (SSSR count). The summed E-state index contributed by atoms with van der Waals surface area (Å²) in [4.78, 5) is 25.7. The van der Waals surface area contributed by atoms with Crippen LogP contribution in [0.25, 0.3) is 22.5 Å². The quantitative estimate of drug-likeness (QED) is 0.587. The lowest BCUT2D eigenvalue weighted by atomic mass is 10.1. The Morgan fingerprint density at radius 2 is 2.22 bits per heavy atom. The van der Waals surface area contributed by atoms with Gasteiger partial charge in [0.15, 0.2) is 11.6 Å². The molecule has 2 N–H and O–H groups in total. The molecule has 1 aliphatic rings. The van der Waals surface area contributed by atoms with Crippen LogP contribution in [0.5, 0.6) is 0 Å². The molecule has 0 amide bonds. The summed E-state index contributed by atoms with van der Waals surface area (Å²) in [5.74, 6) is 1.09. The molecule has 136 valence electrons. The third-order valence-corrected chi connectivity index (χ3v) is 5.22. The summed E-state index contributed by atoms with van der Waals surface area (Å²) in [5.41, 5.74) is 5.21. The van der Waals surface area contributed by atoms with E-state index >= 15 is 0 Å². The van der Waals surface area contributed by atoms with Crippen molar-refractivity contribution in [2.24, 2.45) is 0 Å². The first-order valence-electron chi connectivity index (χ1n) is 9.12. The zero-order chi connectivity index (χ0) is 18.4. The van der Waals surface area contributed by atoms with Crippen LogP contribution in [0, 0.1) is 6.92 Å². The second-order valence-corrected chi connectivity index (χ2v) is 7.14. The first-order chi connectivity index (χ1) is 13.2. The van der Waals surface area contributed by atoms with Crippen molar-refractivity contribution in [3.63, 3.8) is 0 Å². The van der Waals surface area contributed by atoms with E-state index in [2.05, 4.69) is 51.2 Å². The first-order valence-corrected chi connectivity index (χ1v) is 9.12. The van der Waals surface area contributed by atoms with Crippen molar-refractivity contribution < 1.29 is 4.42 Å². The molecule has 1 aliphatic heterocycles. The van der Waals surface area contributed by atoms with Crippen molar-refractivity contribution >= 4 is 10.9 Å². The predicted octanol–water partition coefficient (Wildman–Crippen LogP) is 3.38. The Hall–Kier alpha value is -3.12. The summed E-state index contributed by atoms with van der Waals surface area (Å²) in [6.07, 6.45) is 4.41. The third kappa shape index (κ3) is 2.88. The van der Waals surface area contributed by atoms with E-state index in [4.69, 9.17) is 4.42 Å². The lowest BCUT2D eigenvalue weighted by Gasteiger charge is -2.27. The molecule has 0 saturated heterocycles. The molecule has 3 aromatic heterocycles. The van der Waals surface area contributed by atoms with Crippen LogP contribution in [-0.2, 0) is 19.5 Å². The number of fused-ring (bicyclic) bond motifs is 2. The summed E-state index contributed by atoms with van der Waals surface area (Å²) in [5, 5.41) is 1.24. The molecular weight excluding hydrogens is 340 g/mol. The maximum Gasteiger partial charge on any atom is 0.256 e. The summed E-state index contributed by atoms with van der Waals surface area (Å²) in [7, 11) is 0. The van der Waals surface area contributed by atoms with Gasteiger partial charge in [0, 0.05) is 43.2 Å². The lowest BCUT2D eigenvalue weighted by molar-refractivity contribution is 0.242. The summed E-state index contributed by atoms with van der Waals surface area (Å²) in [6, 6.07) is 10.1. The largest absolute Gasteiger partial charge is 0.461 e. The van der Waals surface area contributed by atoms with E-state index in [9.17, 15) is 4.79 Å². The number of benzene rings is 1. The number of hydrogen-bond donors (Lipinski definition) is 2. The SMILES string of the molecule is Cc1ccc2c(CN3CCc4nc(-c5ccco5)[nH]c(=O)c4C3)c[nH]c2c1. The minimum Gasteiger partial charge on any atom is -0.461 e. The molecule has 4 heterocycles. The second-order valence-electron chi connectivity index (χ2n) is 7.14. The van der Waals surface area contributed by atoms with Crippen LogP contribution in [0.3, 0.4) is 0 Å². The minimum atomic E-state index is -0.0781. The van der Waals surface area contributed by atoms with Gasteiger partial charge in [0.1, 0.15) is 0 Å². The number of rotatable bonds is 3. The maximum atomic E-state index is 12.6. The van der Waals surface area contributed by atoms with Gasteiger partial charge in [0.25, 0.3) is 5.56 Å². The smallest absolute Gasteiger partial charge is 0.256 e. The van der Waals surface area contributed by atoms with Gasteiger partial charge in [0.05, 0.1) is 17.5 Å². The van der Waals surface area contributed by atoms with Crippen LogP contribution < -0.4 is 5.56 Å². The average molecular weight is 360 g/mol. The molecule has 0 saturated carbocycles. The average Bonchev–Trinajstić information content (AvgIpc) is 3.32. The summed E-state index contributed by atoms with van der Waals surface area (Å²) < 4.78 is 5.36. The van der Waals surface area contributed by atoms with E-state index in [1.807, 2.05) is 0 Å². The fourth-order valence-electron chi connectivity index (χ4n) is 3.82. The molecule has 27 heavy (non-hydrogen) atoms. The predicted molar refractivity (Wildman–Crippen MR) is 103 cm³/mol. The second kappa shape index (κ2) is 6.25. The number of H-pyrrole nitrogens is 2. The van der Waals surface area contributed by atoms with Crippen LogP contribution >= 0.6 is 0 Å². The molecule has 0 atom stereocenters. The highest BCUT2D eigenvalue weighted by Gasteiger charge is 2.22. The van der Waals surface area contributed by atoms with Gasteiger partial charge in [-0.25, -0.2) is 4.98 Å². The molecule has 6 nitrogen and oxygen atoms in total. The molecule has 1 aromatic carbocycles. The van der Waals surface area contributed by atoms with Gasteiger partial charge >= 0.3 is 0 Å². The Morgan fingerprint density at radius 3 is 3.07 bits per heavy atom. The minimum absolute atomic E-state index is 0.0781. The Bertz CT molecular complexity index is 1170. The lowest BCUT2D eigenvalue weighted by Crippen LogP contribution is -2.35. The van der Waals surface area contributed by atoms with Crippen LogP contribution in [0.15, 0.2) is 52.0 Å².